The molecular formula is C23H18O4. The van der Waals surface area contributed by atoms with E-state index in [1.54, 1.807) is 26.4 Å². The maximum absolute atomic E-state index is 11.0. The molecule has 0 unspecified atom stereocenters. The van der Waals surface area contributed by atoms with E-state index in [1.165, 1.54) is 0 Å². The molecule has 0 fully saturated rings. The van der Waals surface area contributed by atoms with E-state index >= 15 is 0 Å². The molecule has 27 heavy (non-hydrogen) atoms. The number of hydrogen-bond acceptors (Lipinski definition) is 4. The number of furan rings is 1. The SMILES string of the molecule is COc1ccc(-c2c(-c3ccc(C=O)cc3)oc3cc(OC)ccc23)cc1. The highest BCUT2D eigenvalue weighted by Crippen LogP contribution is 2.42. The van der Waals surface area contributed by atoms with Gasteiger partial charge in [0, 0.05) is 28.1 Å². The molecule has 134 valence electrons. The fourth-order valence-electron chi connectivity index (χ4n) is 3.16. The van der Waals surface area contributed by atoms with E-state index in [0.29, 0.717) is 5.56 Å². The first kappa shape index (κ1) is 16.9. The van der Waals surface area contributed by atoms with Crippen LogP contribution in [-0.2, 0) is 0 Å². The molecule has 0 amide bonds. The van der Waals surface area contributed by atoms with Gasteiger partial charge >= 0.3 is 0 Å². The third-order valence-corrected chi connectivity index (χ3v) is 4.58. The summed E-state index contributed by atoms with van der Waals surface area (Å²) in [6.45, 7) is 0. The van der Waals surface area contributed by atoms with Gasteiger partial charge in [0.1, 0.15) is 29.1 Å². The number of benzene rings is 3. The molecule has 3 aromatic carbocycles. The molecular weight excluding hydrogens is 340 g/mol. The predicted octanol–water partition coefficient (Wildman–Crippen LogP) is 5.60. The van der Waals surface area contributed by atoms with Gasteiger partial charge in [-0.25, -0.2) is 0 Å². The van der Waals surface area contributed by atoms with Gasteiger partial charge < -0.3 is 13.9 Å². The third-order valence-electron chi connectivity index (χ3n) is 4.58. The summed E-state index contributed by atoms with van der Waals surface area (Å²) in [4.78, 5) is 11.0. The highest BCUT2D eigenvalue weighted by molar-refractivity contribution is 6.02. The molecule has 0 aliphatic rings. The molecule has 0 atom stereocenters. The lowest BCUT2D eigenvalue weighted by Gasteiger charge is -2.06. The molecule has 0 N–H and O–H groups in total. The van der Waals surface area contributed by atoms with Crippen LogP contribution in [0.15, 0.2) is 71.1 Å². The molecule has 0 spiro atoms. The zero-order chi connectivity index (χ0) is 18.8. The fraction of sp³-hybridized carbons (Fsp3) is 0.0870. The van der Waals surface area contributed by atoms with Crippen LogP contribution < -0.4 is 9.47 Å². The molecule has 0 bridgehead atoms. The second-order valence-electron chi connectivity index (χ2n) is 6.14. The van der Waals surface area contributed by atoms with Crippen LogP contribution in [0, 0.1) is 0 Å². The summed E-state index contributed by atoms with van der Waals surface area (Å²) in [5.41, 5.74) is 4.29. The second kappa shape index (κ2) is 7.00. The quantitative estimate of drug-likeness (QED) is 0.436. The Morgan fingerprint density at radius 1 is 0.778 bits per heavy atom. The maximum Gasteiger partial charge on any atom is 0.150 e. The van der Waals surface area contributed by atoms with Crippen molar-refractivity contribution >= 4 is 17.3 Å². The lowest BCUT2D eigenvalue weighted by atomic mass is 9.98. The van der Waals surface area contributed by atoms with Crippen molar-refractivity contribution in [2.24, 2.45) is 0 Å². The zero-order valence-electron chi connectivity index (χ0n) is 15.1. The van der Waals surface area contributed by atoms with Gasteiger partial charge in [0.25, 0.3) is 0 Å². The molecule has 4 rings (SSSR count). The summed E-state index contributed by atoms with van der Waals surface area (Å²) >= 11 is 0. The van der Waals surface area contributed by atoms with E-state index in [9.17, 15) is 4.79 Å². The van der Waals surface area contributed by atoms with Crippen LogP contribution in [0.3, 0.4) is 0 Å². The maximum atomic E-state index is 11.0. The van der Waals surface area contributed by atoms with Crippen molar-refractivity contribution in [1.82, 2.24) is 0 Å². The monoisotopic (exact) mass is 358 g/mol. The highest BCUT2D eigenvalue weighted by atomic mass is 16.5. The zero-order valence-corrected chi connectivity index (χ0v) is 15.1. The van der Waals surface area contributed by atoms with Gasteiger partial charge in [-0.15, -0.1) is 0 Å². The van der Waals surface area contributed by atoms with E-state index in [0.717, 1.165) is 51.2 Å². The van der Waals surface area contributed by atoms with Crippen molar-refractivity contribution in [3.63, 3.8) is 0 Å². The van der Waals surface area contributed by atoms with Crippen LogP contribution >= 0.6 is 0 Å². The number of ether oxygens (including phenoxy) is 2. The Balaban J connectivity index is 1.95. The number of hydrogen-bond donors (Lipinski definition) is 0. The summed E-state index contributed by atoms with van der Waals surface area (Å²) in [7, 11) is 3.28. The normalized spacial score (nSPS) is 10.7. The molecule has 4 heteroatoms. The molecule has 0 saturated heterocycles. The van der Waals surface area contributed by atoms with E-state index in [1.807, 2.05) is 54.6 Å². The van der Waals surface area contributed by atoms with Gasteiger partial charge in [-0.05, 0) is 29.8 Å². The van der Waals surface area contributed by atoms with Crippen molar-refractivity contribution in [2.75, 3.05) is 14.2 Å². The topological polar surface area (TPSA) is 48.7 Å². The minimum absolute atomic E-state index is 0.627. The highest BCUT2D eigenvalue weighted by Gasteiger charge is 2.18. The van der Waals surface area contributed by atoms with Gasteiger partial charge in [-0.2, -0.15) is 0 Å². The molecule has 4 aromatic rings. The summed E-state index contributed by atoms with van der Waals surface area (Å²) < 4.78 is 16.8. The minimum Gasteiger partial charge on any atom is -0.497 e. The minimum atomic E-state index is 0.627. The van der Waals surface area contributed by atoms with E-state index in [-0.39, 0.29) is 0 Å². The first-order valence-electron chi connectivity index (χ1n) is 8.54. The van der Waals surface area contributed by atoms with Gasteiger partial charge in [-0.3, -0.25) is 4.79 Å². The lowest BCUT2D eigenvalue weighted by molar-refractivity contribution is 0.112. The van der Waals surface area contributed by atoms with Gasteiger partial charge in [0.15, 0.2) is 0 Å². The van der Waals surface area contributed by atoms with Crippen molar-refractivity contribution in [3.8, 4) is 33.9 Å². The van der Waals surface area contributed by atoms with Crippen molar-refractivity contribution < 1.29 is 18.7 Å². The Labute approximate surface area is 157 Å². The molecule has 0 aliphatic carbocycles. The van der Waals surface area contributed by atoms with Crippen molar-refractivity contribution in [2.45, 2.75) is 0 Å². The average Bonchev–Trinajstić information content (AvgIpc) is 3.12. The van der Waals surface area contributed by atoms with Crippen LogP contribution in [0.4, 0.5) is 0 Å². The number of aldehydes is 1. The smallest absolute Gasteiger partial charge is 0.150 e. The number of carbonyl (C=O) groups is 1. The Morgan fingerprint density at radius 3 is 2.04 bits per heavy atom. The second-order valence-corrected chi connectivity index (χ2v) is 6.14. The van der Waals surface area contributed by atoms with Crippen LogP contribution in [0.1, 0.15) is 10.4 Å². The predicted molar refractivity (Wildman–Crippen MR) is 106 cm³/mol. The molecule has 0 saturated carbocycles. The molecule has 1 aromatic heterocycles. The van der Waals surface area contributed by atoms with Crippen molar-refractivity contribution in [1.29, 1.82) is 0 Å². The standard InChI is InChI=1S/C23H18O4/c1-25-18-9-7-16(8-10-18)22-20-12-11-19(26-2)13-21(20)27-23(22)17-5-3-15(14-24)4-6-17/h3-14H,1-2H3. The number of carbonyl (C=O) groups excluding carboxylic acids is 1. The molecule has 0 aliphatic heterocycles. The first-order chi connectivity index (χ1) is 13.2. The van der Waals surface area contributed by atoms with Crippen LogP contribution in [0.5, 0.6) is 11.5 Å². The van der Waals surface area contributed by atoms with Crippen LogP contribution in [0.25, 0.3) is 33.4 Å². The van der Waals surface area contributed by atoms with E-state index in [2.05, 4.69) is 0 Å². The van der Waals surface area contributed by atoms with Gasteiger partial charge in [0.2, 0.25) is 0 Å². The molecule has 4 nitrogen and oxygen atoms in total. The van der Waals surface area contributed by atoms with E-state index in [4.69, 9.17) is 13.9 Å². The van der Waals surface area contributed by atoms with Crippen molar-refractivity contribution in [3.05, 3.63) is 72.3 Å². The Kier molecular flexibility index (Phi) is 4.38. The Morgan fingerprint density at radius 2 is 1.41 bits per heavy atom. The van der Waals surface area contributed by atoms with Gasteiger partial charge in [0.05, 0.1) is 14.2 Å². The third kappa shape index (κ3) is 3.06. The summed E-state index contributed by atoms with van der Waals surface area (Å²) in [5.74, 6) is 2.28. The summed E-state index contributed by atoms with van der Waals surface area (Å²) in [6.07, 6.45) is 0.831. The van der Waals surface area contributed by atoms with E-state index < -0.39 is 0 Å². The number of fused-ring (bicyclic) bond motifs is 1. The largest absolute Gasteiger partial charge is 0.497 e. The number of rotatable bonds is 5. The summed E-state index contributed by atoms with van der Waals surface area (Å²) in [6, 6.07) is 21.0. The summed E-state index contributed by atoms with van der Waals surface area (Å²) in [5, 5.41) is 0.996. The lowest BCUT2D eigenvalue weighted by Crippen LogP contribution is -1.85. The fourth-order valence-corrected chi connectivity index (χ4v) is 3.16. The Bertz CT molecular complexity index is 1090. The van der Waals surface area contributed by atoms with Crippen LogP contribution in [-0.4, -0.2) is 20.5 Å². The van der Waals surface area contributed by atoms with Gasteiger partial charge in [-0.1, -0.05) is 36.4 Å². The van der Waals surface area contributed by atoms with Crippen LogP contribution in [0.2, 0.25) is 0 Å². The average molecular weight is 358 g/mol. The number of methoxy groups -OCH3 is 2. The molecule has 0 radical (unpaired) electrons. The molecule has 1 heterocycles. The first-order valence-corrected chi connectivity index (χ1v) is 8.54. The Hall–Kier alpha value is -3.53.